The van der Waals surface area contributed by atoms with Crippen LogP contribution < -0.4 is 5.32 Å². The Hall–Kier alpha value is -0.480. The van der Waals surface area contributed by atoms with Crippen molar-refractivity contribution in [3.8, 4) is 0 Å². The molecule has 0 aliphatic heterocycles. The maximum absolute atomic E-state index is 4.31. The number of aromatic nitrogens is 2. The van der Waals surface area contributed by atoms with Gasteiger partial charge in [-0.15, -0.1) is 21.5 Å². The molecule has 0 radical (unpaired) electrons. The van der Waals surface area contributed by atoms with E-state index < -0.39 is 0 Å². The summed E-state index contributed by atoms with van der Waals surface area (Å²) in [5, 5.41) is 14.5. The minimum atomic E-state index is 1.07. The molecule has 3 nitrogen and oxygen atoms in total. The van der Waals surface area contributed by atoms with Crippen molar-refractivity contribution < 1.29 is 0 Å². The molecule has 1 N–H and O–H groups in total. The van der Waals surface area contributed by atoms with E-state index in [0.717, 1.165) is 25.9 Å². The molecule has 1 aromatic heterocycles. The summed E-state index contributed by atoms with van der Waals surface area (Å²) in [6, 6.07) is 0. The summed E-state index contributed by atoms with van der Waals surface area (Å²) in [5.41, 5.74) is 0. The highest BCUT2D eigenvalue weighted by Crippen LogP contribution is 2.15. The number of aryl methyl sites for hydroxylation is 2. The first-order chi connectivity index (χ1) is 9.86. The maximum atomic E-state index is 4.31. The molecule has 0 bridgehead atoms. The third kappa shape index (κ3) is 8.64. The topological polar surface area (TPSA) is 37.8 Å². The van der Waals surface area contributed by atoms with Gasteiger partial charge < -0.3 is 5.32 Å². The van der Waals surface area contributed by atoms with Gasteiger partial charge in [-0.2, -0.15) is 0 Å². The van der Waals surface area contributed by atoms with E-state index in [0.29, 0.717) is 0 Å². The van der Waals surface area contributed by atoms with Crippen LogP contribution in [0.25, 0.3) is 0 Å². The van der Waals surface area contributed by atoms with E-state index in [2.05, 4.69) is 29.4 Å². The molecule has 0 aliphatic rings. The van der Waals surface area contributed by atoms with Crippen LogP contribution in [-0.2, 0) is 12.8 Å². The molecule has 0 fully saturated rings. The van der Waals surface area contributed by atoms with Gasteiger partial charge in [0.05, 0.1) is 0 Å². The average Bonchev–Trinajstić information content (AvgIpc) is 2.90. The minimum absolute atomic E-state index is 1.07. The molecule has 0 amide bonds. The van der Waals surface area contributed by atoms with Crippen molar-refractivity contribution in [3.05, 3.63) is 10.0 Å². The zero-order valence-corrected chi connectivity index (χ0v) is 14.1. The van der Waals surface area contributed by atoms with Gasteiger partial charge in [0.25, 0.3) is 0 Å². The highest BCUT2D eigenvalue weighted by atomic mass is 32.1. The summed E-state index contributed by atoms with van der Waals surface area (Å²) >= 11 is 1.81. The highest BCUT2D eigenvalue weighted by molar-refractivity contribution is 7.11. The molecule has 1 rings (SSSR count). The van der Waals surface area contributed by atoms with Gasteiger partial charge in [0, 0.05) is 12.8 Å². The Morgan fingerprint density at radius 2 is 1.40 bits per heavy atom. The summed E-state index contributed by atoms with van der Waals surface area (Å²) in [4.78, 5) is 0. The molecule has 1 aromatic rings. The van der Waals surface area contributed by atoms with Gasteiger partial charge >= 0.3 is 0 Å². The van der Waals surface area contributed by atoms with Crippen molar-refractivity contribution >= 4 is 11.3 Å². The molecule has 0 spiro atoms. The number of rotatable bonds is 13. The van der Waals surface area contributed by atoms with Gasteiger partial charge in [0.15, 0.2) is 0 Å². The monoisotopic (exact) mass is 297 g/mol. The number of unbranched alkanes of at least 4 members (excludes halogenated alkanes) is 5. The fourth-order valence-electron chi connectivity index (χ4n) is 2.21. The third-order valence-corrected chi connectivity index (χ3v) is 4.47. The molecule has 0 atom stereocenters. The average molecular weight is 298 g/mol. The molecular formula is C16H31N3S. The Morgan fingerprint density at radius 1 is 0.750 bits per heavy atom. The fraction of sp³-hybridized carbons (Fsp3) is 0.875. The predicted molar refractivity (Wildman–Crippen MR) is 88.5 cm³/mol. The van der Waals surface area contributed by atoms with Crippen LogP contribution in [0.2, 0.25) is 0 Å². The molecule has 4 heteroatoms. The highest BCUT2D eigenvalue weighted by Gasteiger charge is 2.03. The van der Waals surface area contributed by atoms with Crippen molar-refractivity contribution in [1.29, 1.82) is 0 Å². The summed E-state index contributed by atoms with van der Waals surface area (Å²) < 4.78 is 0. The van der Waals surface area contributed by atoms with Gasteiger partial charge in [-0.3, -0.25) is 0 Å². The van der Waals surface area contributed by atoms with E-state index >= 15 is 0 Å². The Balaban J connectivity index is 2.04. The second-order valence-electron chi connectivity index (χ2n) is 5.46. The third-order valence-electron chi connectivity index (χ3n) is 3.42. The smallest absolute Gasteiger partial charge is 0.117 e. The van der Waals surface area contributed by atoms with E-state index in [-0.39, 0.29) is 0 Å². The van der Waals surface area contributed by atoms with Gasteiger partial charge in [0.1, 0.15) is 10.0 Å². The lowest BCUT2D eigenvalue weighted by atomic mass is 10.1. The molecule has 116 valence electrons. The summed E-state index contributed by atoms with van der Waals surface area (Å²) in [5.74, 6) is 0. The fourth-order valence-corrected chi connectivity index (χ4v) is 3.14. The second-order valence-corrected chi connectivity index (χ2v) is 6.61. The Kier molecular flexibility index (Phi) is 10.8. The van der Waals surface area contributed by atoms with Crippen LogP contribution in [-0.4, -0.2) is 23.3 Å². The second kappa shape index (κ2) is 12.3. The van der Waals surface area contributed by atoms with E-state index in [1.165, 1.54) is 61.4 Å². The van der Waals surface area contributed by atoms with Crippen LogP contribution in [0.4, 0.5) is 0 Å². The number of hydrogen-bond donors (Lipinski definition) is 1. The van der Waals surface area contributed by atoms with Crippen LogP contribution in [0.15, 0.2) is 0 Å². The van der Waals surface area contributed by atoms with E-state index in [1.54, 1.807) is 0 Å². The summed E-state index contributed by atoms with van der Waals surface area (Å²) in [6.07, 6.45) is 12.7. The maximum Gasteiger partial charge on any atom is 0.117 e. The normalized spacial score (nSPS) is 11.1. The minimum Gasteiger partial charge on any atom is -0.317 e. The SMILES string of the molecule is CCCCCCCCc1nnc(CCCNCCC)s1. The first kappa shape index (κ1) is 17.6. The number of nitrogens with zero attached hydrogens (tertiary/aromatic N) is 2. The largest absolute Gasteiger partial charge is 0.317 e. The summed E-state index contributed by atoms with van der Waals surface area (Å²) in [7, 11) is 0. The van der Waals surface area contributed by atoms with E-state index in [9.17, 15) is 0 Å². The van der Waals surface area contributed by atoms with E-state index in [1.807, 2.05) is 11.3 Å². The van der Waals surface area contributed by atoms with Gasteiger partial charge in [-0.05, 0) is 32.4 Å². The van der Waals surface area contributed by atoms with Crippen LogP contribution >= 0.6 is 11.3 Å². The molecule has 0 aromatic carbocycles. The number of hydrogen-bond acceptors (Lipinski definition) is 4. The van der Waals surface area contributed by atoms with Crippen molar-refractivity contribution in [2.24, 2.45) is 0 Å². The first-order valence-electron chi connectivity index (χ1n) is 8.38. The van der Waals surface area contributed by atoms with Crippen molar-refractivity contribution in [2.75, 3.05) is 13.1 Å². The zero-order valence-electron chi connectivity index (χ0n) is 13.3. The standard InChI is InChI=1S/C16H31N3S/c1-3-5-6-7-8-9-11-15-18-19-16(20-15)12-10-14-17-13-4-2/h17H,3-14H2,1-2H3. The van der Waals surface area contributed by atoms with E-state index in [4.69, 9.17) is 0 Å². The molecule has 0 unspecified atom stereocenters. The van der Waals surface area contributed by atoms with Gasteiger partial charge in [-0.1, -0.05) is 46.0 Å². The number of nitrogens with one attached hydrogen (secondary N) is 1. The van der Waals surface area contributed by atoms with Crippen LogP contribution in [0.5, 0.6) is 0 Å². The lowest BCUT2D eigenvalue weighted by molar-refractivity contribution is 0.605. The zero-order chi connectivity index (χ0) is 14.5. The lowest BCUT2D eigenvalue weighted by Gasteiger charge is -2.00. The molecule has 0 saturated heterocycles. The predicted octanol–water partition coefficient (Wildman–Crippen LogP) is 4.37. The quantitative estimate of drug-likeness (QED) is 0.549. The molecule has 1 heterocycles. The Morgan fingerprint density at radius 3 is 2.10 bits per heavy atom. The molecule has 20 heavy (non-hydrogen) atoms. The van der Waals surface area contributed by atoms with Crippen LogP contribution in [0, 0.1) is 0 Å². The van der Waals surface area contributed by atoms with Crippen LogP contribution in [0.3, 0.4) is 0 Å². The molecule has 0 aliphatic carbocycles. The van der Waals surface area contributed by atoms with Crippen molar-refractivity contribution in [1.82, 2.24) is 15.5 Å². The van der Waals surface area contributed by atoms with Crippen LogP contribution in [0.1, 0.15) is 75.2 Å². The Bertz CT molecular complexity index is 325. The van der Waals surface area contributed by atoms with Crippen molar-refractivity contribution in [3.63, 3.8) is 0 Å². The first-order valence-corrected chi connectivity index (χ1v) is 9.20. The van der Waals surface area contributed by atoms with Gasteiger partial charge in [-0.25, -0.2) is 0 Å². The molecule has 0 saturated carbocycles. The Labute approximate surface area is 128 Å². The van der Waals surface area contributed by atoms with Crippen molar-refractivity contribution in [2.45, 2.75) is 78.1 Å². The summed E-state index contributed by atoms with van der Waals surface area (Å²) in [6.45, 7) is 6.69. The lowest BCUT2D eigenvalue weighted by Crippen LogP contribution is -2.16. The van der Waals surface area contributed by atoms with Gasteiger partial charge in [0.2, 0.25) is 0 Å². The molecular weight excluding hydrogens is 266 g/mol.